The van der Waals surface area contributed by atoms with E-state index in [9.17, 15) is 9.90 Å². The molecule has 2 aliphatic carbocycles. The van der Waals surface area contributed by atoms with Crippen LogP contribution in [-0.2, 0) is 9.53 Å². The van der Waals surface area contributed by atoms with Crippen LogP contribution in [-0.4, -0.2) is 23.3 Å². The van der Waals surface area contributed by atoms with E-state index >= 15 is 0 Å². The van der Waals surface area contributed by atoms with E-state index in [1.54, 1.807) is 0 Å². The largest absolute Gasteiger partial charge is 0.462 e. The standard InChI is InChI=1S/C9H14O3/c1-5(10)12-9-4-6-2-7(9)3-8(6)11/h6-9,11H,2-4H2,1H3. The summed E-state index contributed by atoms with van der Waals surface area (Å²) in [6, 6.07) is 0. The molecule has 12 heavy (non-hydrogen) atoms. The average Bonchev–Trinajstić information content (AvgIpc) is 2.44. The predicted octanol–water partition coefficient (Wildman–Crippen LogP) is 0.709. The third-order valence-corrected chi connectivity index (χ3v) is 3.07. The smallest absolute Gasteiger partial charge is 0.302 e. The summed E-state index contributed by atoms with van der Waals surface area (Å²) in [4.78, 5) is 10.7. The van der Waals surface area contributed by atoms with Crippen LogP contribution in [0.15, 0.2) is 0 Å². The first-order valence-corrected chi connectivity index (χ1v) is 4.52. The van der Waals surface area contributed by atoms with E-state index in [1.807, 2.05) is 0 Å². The van der Waals surface area contributed by atoms with Gasteiger partial charge >= 0.3 is 5.97 Å². The summed E-state index contributed by atoms with van der Waals surface area (Å²) < 4.78 is 5.14. The highest BCUT2D eigenvalue weighted by Gasteiger charge is 2.46. The molecule has 2 saturated carbocycles. The van der Waals surface area contributed by atoms with Crippen molar-refractivity contribution < 1.29 is 14.6 Å². The summed E-state index contributed by atoms with van der Waals surface area (Å²) in [7, 11) is 0. The molecule has 3 nitrogen and oxygen atoms in total. The molecule has 0 amide bonds. The first-order chi connectivity index (χ1) is 5.66. The van der Waals surface area contributed by atoms with Crippen molar-refractivity contribution in [1.82, 2.24) is 0 Å². The summed E-state index contributed by atoms with van der Waals surface area (Å²) >= 11 is 0. The number of aliphatic hydroxyl groups excluding tert-OH is 1. The van der Waals surface area contributed by atoms with Crippen LogP contribution < -0.4 is 0 Å². The Balaban J connectivity index is 1.94. The molecule has 2 rings (SSSR count). The van der Waals surface area contributed by atoms with Gasteiger partial charge in [0.1, 0.15) is 6.10 Å². The molecule has 0 aromatic heterocycles. The van der Waals surface area contributed by atoms with Crippen molar-refractivity contribution >= 4 is 5.97 Å². The third-order valence-electron chi connectivity index (χ3n) is 3.07. The highest BCUT2D eigenvalue weighted by atomic mass is 16.5. The van der Waals surface area contributed by atoms with Crippen molar-refractivity contribution in [2.24, 2.45) is 11.8 Å². The van der Waals surface area contributed by atoms with Crippen LogP contribution in [0.1, 0.15) is 26.2 Å². The molecule has 1 N–H and O–H groups in total. The molecule has 2 fully saturated rings. The monoisotopic (exact) mass is 170 g/mol. The van der Waals surface area contributed by atoms with Crippen LogP contribution in [0, 0.1) is 11.8 Å². The van der Waals surface area contributed by atoms with Gasteiger partial charge in [0.2, 0.25) is 0 Å². The maximum atomic E-state index is 10.7. The second-order valence-corrected chi connectivity index (χ2v) is 3.94. The SMILES string of the molecule is CC(=O)OC1CC2CC1CC2O. The molecule has 0 aromatic carbocycles. The molecule has 2 bridgehead atoms. The van der Waals surface area contributed by atoms with Gasteiger partial charge in [-0.3, -0.25) is 4.79 Å². The number of carbonyl (C=O) groups is 1. The van der Waals surface area contributed by atoms with Gasteiger partial charge < -0.3 is 9.84 Å². The highest BCUT2D eigenvalue weighted by Crippen LogP contribution is 2.45. The van der Waals surface area contributed by atoms with Crippen LogP contribution in [0.5, 0.6) is 0 Å². The minimum Gasteiger partial charge on any atom is -0.462 e. The summed E-state index contributed by atoms with van der Waals surface area (Å²) in [6.07, 6.45) is 2.69. The quantitative estimate of drug-likeness (QED) is 0.589. The molecule has 0 aromatic rings. The Labute approximate surface area is 71.7 Å². The molecule has 2 aliphatic rings. The molecule has 4 unspecified atom stereocenters. The number of ether oxygens (including phenoxy) is 1. The second kappa shape index (κ2) is 2.73. The van der Waals surface area contributed by atoms with Crippen LogP contribution in [0.3, 0.4) is 0 Å². The summed E-state index contributed by atoms with van der Waals surface area (Å²) in [6.45, 7) is 1.45. The Hall–Kier alpha value is -0.570. The molecule has 0 spiro atoms. The summed E-state index contributed by atoms with van der Waals surface area (Å²) in [5.41, 5.74) is 0. The fourth-order valence-electron chi connectivity index (χ4n) is 2.55. The third kappa shape index (κ3) is 1.22. The number of hydrogen-bond donors (Lipinski definition) is 1. The Bertz CT molecular complexity index is 200. The van der Waals surface area contributed by atoms with Crippen molar-refractivity contribution in [2.45, 2.75) is 38.4 Å². The van der Waals surface area contributed by atoms with Crippen molar-refractivity contribution in [3.05, 3.63) is 0 Å². The van der Waals surface area contributed by atoms with Crippen LogP contribution in [0.25, 0.3) is 0 Å². The van der Waals surface area contributed by atoms with Crippen molar-refractivity contribution in [3.8, 4) is 0 Å². The molecular weight excluding hydrogens is 156 g/mol. The van der Waals surface area contributed by atoms with E-state index in [-0.39, 0.29) is 18.2 Å². The van der Waals surface area contributed by atoms with Crippen LogP contribution in [0.4, 0.5) is 0 Å². The molecule has 3 heteroatoms. The number of fused-ring (bicyclic) bond motifs is 2. The molecule has 68 valence electrons. The maximum absolute atomic E-state index is 10.7. The lowest BCUT2D eigenvalue weighted by molar-refractivity contribution is -0.149. The van der Waals surface area contributed by atoms with Crippen molar-refractivity contribution in [2.75, 3.05) is 0 Å². The molecule has 0 aliphatic heterocycles. The average molecular weight is 170 g/mol. The van der Waals surface area contributed by atoms with E-state index in [1.165, 1.54) is 6.92 Å². The molecule has 4 atom stereocenters. The summed E-state index contributed by atoms with van der Waals surface area (Å²) in [5.74, 6) is 0.621. The normalized spacial score (nSPS) is 44.8. The van der Waals surface area contributed by atoms with Crippen molar-refractivity contribution in [3.63, 3.8) is 0 Å². The zero-order chi connectivity index (χ0) is 8.72. The molecule has 0 radical (unpaired) electrons. The molecule has 0 saturated heterocycles. The van der Waals surface area contributed by atoms with E-state index in [0.717, 1.165) is 19.3 Å². The first-order valence-electron chi connectivity index (χ1n) is 4.52. The highest BCUT2D eigenvalue weighted by molar-refractivity contribution is 5.66. The minimum atomic E-state index is -0.193. The minimum absolute atomic E-state index is 0.0934. The Morgan fingerprint density at radius 2 is 2.08 bits per heavy atom. The van der Waals surface area contributed by atoms with Gasteiger partial charge in [-0.2, -0.15) is 0 Å². The number of aliphatic hydroxyl groups is 1. The van der Waals surface area contributed by atoms with Gasteiger partial charge in [0.15, 0.2) is 0 Å². The van der Waals surface area contributed by atoms with Gasteiger partial charge in [-0.1, -0.05) is 0 Å². The van der Waals surface area contributed by atoms with Crippen molar-refractivity contribution in [1.29, 1.82) is 0 Å². The van der Waals surface area contributed by atoms with E-state index in [0.29, 0.717) is 11.8 Å². The molecular formula is C9H14O3. The van der Waals surface area contributed by atoms with E-state index in [4.69, 9.17) is 4.74 Å². The van der Waals surface area contributed by atoms with Crippen LogP contribution >= 0.6 is 0 Å². The lowest BCUT2D eigenvalue weighted by Gasteiger charge is -2.24. The summed E-state index contributed by atoms with van der Waals surface area (Å²) in [5, 5.41) is 9.43. The van der Waals surface area contributed by atoms with Gasteiger partial charge in [0, 0.05) is 6.92 Å². The van der Waals surface area contributed by atoms with E-state index < -0.39 is 0 Å². The first kappa shape index (κ1) is 8.05. The number of hydrogen-bond acceptors (Lipinski definition) is 3. The predicted molar refractivity (Wildman–Crippen MR) is 42.4 cm³/mol. The Morgan fingerprint density at radius 3 is 2.50 bits per heavy atom. The van der Waals surface area contributed by atoms with Gasteiger partial charge in [-0.15, -0.1) is 0 Å². The zero-order valence-corrected chi connectivity index (χ0v) is 7.19. The van der Waals surface area contributed by atoms with Gasteiger partial charge in [-0.25, -0.2) is 0 Å². The fourth-order valence-corrected chi connectivity index (χ4v) is 2.55. The Morgan fingerprint density at radius 1 is 1.33 bits per heavy atom. The maximum Gasteiger partial charge on any atom is 0.302 e. The molecule has 0 heterocycles. The number of carbonyl (C=O) groups excluding carboxylic acids is 1. The lowest BCUT2D eigenvalue weighted by Crippen LogP contribution is -2.28. The topological polar surface area (TPSA) is 46.5 Å². The second-order valence-electron chi connectivity index (χ2n) is 3.94. The van der Waals surface area contributed by atoms with E-state index in [2.05, 4.69) is 0 Å². The van der Waals surface area contributed by atoms with Gasteiger partial charge in [-0.05, 0) is 31.1 Å². The van der Waals surface area contributed by atoms with Gasteiger partial charge in [0.05, 0.1) is 6.10 Å². The fraction of sp³-hybridized carbons (Fsp3) is 0.889. The van der Waals surface area contributed by atoms with Gasteiger partial charge in [0.25, 0.3) is 0 Å². The Kier molecular flexibility index (Phi) is 1.83. The van der Waals surface area contributed by atoms with Crippen LogP contribution in [0.2, 0.25) is 0 Å². The number of esters is 1. The lowest BCUT2D eigenvalue weighted by atomic mass is 9.95. The zero-order valence-electron chi connectivity index (χ0n) is 7.19. The number of rotatable bonds is 1.